The molecule has 2 N–H and O–H groups in total. The van der Waals surface area contributed by atoms with Crippen LogP contribution in [-0.4, -0.2) is 22.0 Å². The standard InChI is InChI=1S/C15H20N2O3/c1-15(2)7-4-3-5-11(15)13(18)17-10-6-8-16-12(9-10)14(19)20/h6,8-9,11H,3-5,7H2,1-2H3,(H,19,20)(H,16,17,18). The van der Waals surface area contributed by atoms with Crippen molar-refractivity contribution in [1.29, 1.82) is 0 Å². The third-order valence-electron chi connectivity index (χ3n) is 4.07. The first-order valence-electron chi connectivity index (χ1n) is 6.90. The molecule has 1 amide bonds. The lowest BCUT2D eigenvalue weighted by Gasteiger charge is -2.37. The number of hydrogen-bond acceptors (Lipinski definition) is 3. The molecule has 0 spiro atoms. The number of hydrogen-bond donors (Lipinski definition) is 2. The summed E-state index contributed by atoms with van der Waals surface area (Å²) in [7, 11) is 0. The van der Waals surface area contributed by atoms with Crippen molar-refractivity contribution in [3.63, 3.8) is 0 Å². The Balaban J connectivity index is 2.11. The van der Waals surface area contributed by atoms with E-state index in [1.807, 2.05) is 0 Å². The van der Waals surface area contributed by atoms with Gasteiger partial charge in [0.2, 0.25) is 5.91 Å². The molecule has 20 heavy (non-hydrogen) atoms. The second kappa shape index (κ2) is 5.61. The lowest BCUT2D eigenvalue weighted by molar-refractivity contribution is -0.124. The third-order valence-corrected chi connectivity index (χ3v) is 4.07. The Morgan fingerprint density at radius 2 is 2.15 bits per heavy atom. The van der Waals surface area contributed by atoms with Gasteiger partial charge in [-0.05, 0) is 30.4 Å². The van der Waals surface area contributed by atoms with Crippen LogP contribution in [0.3, 0.4) is 0 Å². The van der Waals surface area contributed by atoms with Gasteiger partial charge in [-0.2, -0.15) is 0 Å². The van der Waals surface area contributed by atoms with Crippen molar-refractivity contribution in [2.75, 3.05) is 5.32 Å². The first-order chi connectivity index (χ1) is 9.40. The monoisotopic (exact) mass is 276 g/mol. The van der Waals surface area contributed by atoms with Crippen LogP contribution < -0.4 is 5.32 Å². The first-order valence-corrected chi connectivity index (χ1v) is 6.90. The summed E-state index contributed by atoms with van der Waals surface area (Å²) in [5, 5.41) is 11.7. The average Bonchev–Trinajstić information content (AvgIpc) is 2.38. The van der Waals surface area contributed by atoms with Crippen molar-refractivity contribution in [3.05, 3.63) is 24.0 Å². The van der Waals surface area contributed by atoms with Crippen molar-refractivity contribution in [3.8, 4) is 0 Å². The molecule has 1 atom stereocenters. The first kappa shape index (κ1) is 14.5. The minimum atomic E-state index is -1.10. The minimum absolute atomic E-state index is 0.00894. The number of carboxylic acids is 1. The molecule has 0 aromatic carbocycles. The van der Waals surface area contributed by atoms with E-state index in [2.05, 4.69) is 24.1 Å². The molecule has 1 aromatic rings. The third kappa shape index (κ3) is 3.15. The number of anilines is 1. The highest BCUT2D eigenvalue weighted by molar-refractivity contribution is 5.94. The molecular formula is C15H20N2O3. The summed E-state index contributed by atoms with van der Waals surface area (Å²) in [6, 6.07) is 3.00. The van der Waals surface area contributed by atoms with Crippen LogP contribution in [0.5, 0.6) is 0 Å². The summed E-state index contributed by atoms with van der Waals surface area (Å²) < 4.78 is 0. The van der Waals surface area contributed by atoms with E-state index in [0.717, 1.165) is 25.7 Å². The van der Waals surface area contributed by atoms with Crippen LogP contribution in [0.25, 0.3) is 0 Å². The molecule has 1 aromatic heterocycles. The molecule has 0 saturated heterocycles. The van der Waals surface area contributed by atoms with E-state index < -0.39 is 5.97 Å². The summed E-state index contributed by atoms with van der Waals surface area (Å²) in [4.78, 5) is 27.0. The van der Waals surface area contributed by atoms with E-state index in [1.165, 1.54) is 12.3 Å². The zero-order chi connectivity index (χ0) is 14.8. The predicted octanol–water partition coefficient (Wildman–Crippen LogP) is 2.93. The highest BCUT2D eigenvalue weighted by Crippen LogP contribution is 2.41. The second-order valence-electron chi connectivity index (χ2n) is 6.01. The number of carbonyl (C=O) groups is 2. The van der Waals surface area contributed by atoms with Crippen molar-refractivity contribution in [1.82, 2.24) is 4.98 Å². The molecule has 1 unspecified atom stereocenters. The van der Waals surface area contributed by atoms with Gasteiger partial charge in [-0.15, -0.1) is 0 Å². The Labute approximate surface area is 118 Å². The Morgan fingerprint density at radius 3 is 2.80 bits per heavy atom. The highest BCUT2D eigenvalue weighted by atomic mass is 16.4. The SMILES string of the molecule is CC1(C)CCCCC1C(=O)Nc1ccnc(C(=O)O)c1. The van der Waals surface area contributed by atoms with E-state index in [1.54, 1.807) is 6.07 Å². The van der Waals surface area contributed by atoms with Crippen LogP contribution in [0, 0.1) is 11.3 Å². The van der Waals surface area contributed by atoms with E-state index in [9.17, 15) is 9.59 Å². The number of aromatic carboxylic acids is 1. The second-order valence-corrected chi connectivity index (χ2v) is 6.01. The van der Waals surface area contributed by atoms with Crippen LogP contribution in [0.4, 0.5) is 5.69 Å². The fourth-order valence-electron chi connectivity index (χ4n) is 2.83. The average molecular weight is 276 g/mol. The number of aromatic nitrogens is 1. The van der Waals surface area contributed by atoms with Crippen LogP contribution in [0.15, 0.2) is 18.3 Å². The largest absolute Gasteiger partial charge is 0.477 e. The van der Waals surface area contributed by atoms with E-state index >= 15 is 0 Å². The van der Waals surface area contributed by atoms with Crippen molar-refractivity contribution >= 4 is 17.6 Å². The van der Waals surface area contributed by atoms with E-state index in [4.69, 9.17) is 5.11 Å². The molecule has 0 aliphatic heterocycles. The molecule has 0 radical (unpaired) electrons. The molecule has 1 aliphatic rings. The maximum atomic E-state index is 12.4. The minimum Gasteiger partial charge on any atom is -0.477 e. The summed E-state index contributed by atoms with van der Waals surface area (Å²) >= 11 is 0. The smallest absolute Gasteiger partial charge is 0.354 e. The molecule has 1 heterocycles. The summed E-state index contributed by atoms with van der Waals surface area (Å²) in [6.07, 6.45) is 5.55. The Hall–Kier alpha value is -1.91. The van der Waals surface area contributed by atoms with Crippen LogP contribution in [-0.2, 0) is 4.79 Å². The van der Waals surface area contributed by atoms with Gasteiger partial charge in [0.25, 0.3) is 0 Å². The van der Waals surface area contributed by atoms with Crippen molar-refractivity contribution in [2.24, 2.45) is 11.3 Å². The number of pyridine rings is 1. The number of nitrogens with zero attached hydrogens (tertiary/aromatic N) is 1. The van der Waals surface area contributed by atoms with Gasteiger partial charge < -0.3 is 10.4 Å². The number of carboxylic acid groups (broad SMARTS) is 1. The zero-order valence-electron chi connectivity index (χ0n) is 11.8. The molecule has 5 heteroatoms. The number of amides is 1. The summed E-state index contributed by atoms with van der Waals surface area (Å²) in [6.45, 7) is 4.23. The molecule has 5 nitrogen and oxygen atoms in total. The number of carbonyl (C=O) groups excluding carboxylic acids is 1. The van der Waals surface area contributed by atoms with Crippen molar-refractivity contribution in [2.45, 2.75) is 39.5 Å². The molecule has 2 rings (SSSR count). The molecule has 1 fully saturated rings. The van der Waals surface area contributed by atoms with E-state index in [0.29, 0.717) is 5.69 Å². The zero-order valence-corrected chi connectivity index (χ0v) is 11.8. The van der Waals surface area contributed by atoms with E-state index in [-0.39, 0.29) is 22.9 Å². The lowest BCUT2D eigenvalue weighted by Crippen LogP contribution is -2.37. The highest BCUT2D eigenvalue weighted by Gasteiger charge is 2.37. The maximum Gasteiger partial charge on any atom is 0.354 e. The van der Waals surface area contributed by atoms with Gasteiger partial charge in [0.1, 0.15) is 5.69 Å². The summed E-state index contributed by atoms with van der Waals surface area (Å²) in [5.74, 6) is -1.16. The van der Waals surface area contributed by atoms with Gasteiger partial charge >= 0.3 is 5.97 Å². The van der Waals surface area contributed by atoms with Crippen LogP contribution >= 0.6 is 0 Å². The van der Waals surface area contributed by atoms with Gasteiger partial charge in [0.15, 0.2) is 0 Å². The van der Waals surface area contributed by atoms with Gasteiger partial charge in [-0.3, -0.25) is 4.79 Å². The fourth-order valence-corrected chi connectivity index (χ4v) is 2.83. The van der Waals surface area contributed by atoms with Gasteiger partial charge in [0, 0.05) is 17.8 Å². The van der Waals surface area contributed by atoms with Crippen LogP contribution in [0.1, 0.15) is 50.0 Å². The maximum absolute atomic E-state index is 12.4. The Morgan fingerprint density at radius 1 is 1.40 bits per heavy atom. The summed E-state index contributed by atoms with van der Waals surface area (Å²) in [5.41, 5.74) is 0.417. The van der Waals surface area contributed by atoms with Gasteiger partial charge in [-0.1, -0.05) is 26.7 Å². The molecular weight excluding hydrogens is 256 g/mol. The van der Waals surface area contributed by atoms with Gasteiger partial charge in [0.05, 0.1) is 0 Å². The molecule has 1 saturated carbocycles. The lowest BCUT2D eigenvalue weighted by atomic mass is 9.68. The number of nitrogens with one attached hydrogen (secondary N) is 1. The predicted molar refractivity (Wildman–Crippen MR) is 75.6 cm³/mol. The number of rotatable bonds is 3. The normalized spacial score (nSPS) is 21.2. The molecule has 108 valence electrons. The van der Waals surface area contributed by atoms with Crippen LogP contribution in [0.2, 0.25) is 0 Å². The quantitative estimate of drug-likeness (QED) is 0.889. The fraction of sp³-hybridized carbons (Fsp3) is 0.533. The topological polar surface area (TPSA) is 79.3 Å². The van der Waals surface area contributed by atoms with Gasteiger partial charge in [-0.25, -0.2) is 9.78 Å². The Bertz CT molecular complexity index is 526. The van der Waals surface area contributed by atoms with Crippen molar-refractivity contribution < 1.29 is 14.7 Å². The molecule has 0 bridgehead atoms. The Kier molecular flexibility index (Phi) is 4.06. The molecule has 1 aliphatic carbocycles.